The molecule has 102 valence electrons. The molecule has 0 saturated heterocycles. The molecule has 0 atom stereocenters. The molecule has 0 aliphatic carbocycles. The zero-order chi connectivity index (χ0) is 13.2. The highest BCUT2D eigenvalue weighted by molar-refractivity contribution is 5.33. The molecule has 0 heterocycles. The lowest BCUT2D eigenvalue weighted by Crippen LogP contribution is -2.10. The molecule has 0 unspecified atom stereocenters. The number of hydrogen-bond donors (Lipinski definition) is 1. The van der Waals surface area contributed by atoms with Gasteiger partial charge in [0.25, 0.3) is 0 Å². The summed E-state index contributed by atoms with van der Waals surface area (Å²) in [6.45, 7) is 7.09. The molecular weight excluding hydrogens is 226 g/mol. The van der Waals surface area contributed by atoms with E-state index >= 15 is 0 Å². The van der Waals surface area contributed by atoms with Gasteiger partial charge in [0.15, 0.2) is 0 Å². The van der Waals surface area contributed by atoms with Crippen molar-refractivity contribution >= 4 is 0 Å². The minimum absolute atomic E-state index is 0.597. The van der Waals surface area contributed by atoms with Crippen LogP contribution in [0.5, 0.6) is 5.75 Å². The third-order valence-corrected chi connectivity index (χ3v) is 2.71. The van der Waals surface area contributed by atoms with E-state index in [0.717, 1.165) is 25.2 Å². The van der Waals surface area contributed by atoms with Gasteiger partial charge in [-0.25, -0.2) is 0 Å². The quantitative estimate of drug-likeness (QED) is 0.686. The first kappa shape index (κ1) is 15.0. The van der Waals surface area contributed by atoms with Crippen molar-refractivity contribution in [3.8, 4) is 5.75 Å². The largest absolute Gasteiger partial charge is 0.491 e. The van der Waals surface area contributed by atoms with E-state index in [2.05, 4.69) is 19.9 Å². The SMILES string of the molecule is CC(C)CCOCCOc1ccccc1CCN. The molecule has 0 spiro atoms. The molecule has 0 amide bonds. The summed E-state index contributed by atoms with van der Waals surface area (Å²) in [6, 6.07) is 8.03. The van der Waals surface area contributed by atoms with Crippen LogP contribution in [0.4, 0.5) is 0 Å². The molecule has 0 aromatic heterocycles. The smallest absolute Gasteiger partial charge is 0.122 e. The van der Waals surface area contributed by atoms with Crippen LogP contribution in [0.3, 0.4) is 0 Å². The predicted octanol–water partition coefficient (Wildman–Crippen LogP) is 2.63. The van der Waals surface area contributed by atoms with Crippen LogP contribution in [0.2, 0.25) is 0 Å². The minimum Gasteiger partial charge on any atom is -0.491 e. The standard InChI is InChI=1S/C15H25NO2/c1-13(2)8-10-17-11-12-18-15-6-4-3-5-14(15)7-9-16/h3-6,13H,7-12,16H2,1-2H3. The molecule has 1 aromatic rings. The van der Waals surface area contributed by atoms with E-state index in [1.807, 2.05) is 18.2 Å². The number of para-hydroxylation sites is 1. The van der Waals surface area contributed by atoms with Gasteiger partial charge in [-0.2, -0.15) is 0 Å². The lowest BCUT2D eigenvalue weighted by molar-refractivity contribution is 0.0923. The van der Waals surface area contributed by atoms with Crippen LogP contribution < -0.4 is 10.5 Å². The minimum atomic E-state index is 0.597. The summed E-state index contributed by atoms with van der Waals surface area (Å²) >= 11 is 0. The molecule has 0 radical (unpaired) electrons. The van der Waals surface area contributed by atoms with Gasteiger partial charge >= 0.3 is 0 Å². The molecule has 2 N–H and O–H groups in total. The highest BCUT2D eigenvalue weighted by Gasteiger charge is 2.01. The fraction of sp³-hybridized carbons (Fsp3) is 0.600. The Bertz CT molecular complexity index is 326. The van der Waals surface area contributed by atoms with Gasteiger partial charge in [0.1, 0.15) is 12.4 Å². The van der Waals surface area contributed by atoms with Crippen molar-refractivity contribution < 1.29 is 9.47 Å². The zero-order valence-electron chi connectivity index (χ0n) is 11.5. The lowest BCUT2D eigenvalue weighted by atomic mass is 10.1. The Kier molecular flexibility index (Phi) is 7.46. The van der Waals surface area contributed by atoms with Crippen molar-refractivity contribution in [1.29, 1.82) is 0 Å². The first-order valence-electron chi connectivity index (χ1n) is 6.72. The normalized spacial score (nSPS) is 10.9. The Morgan fingerprint density at radius 1 is 1.11 bits per heavy atom. The molecular formula is C15H25NO2. The van der Waals surface area contributed by atoms with E-state index in [0.29, 0.717) is 25.7 Å². The third-order valence-electron chi connectivity index (χ3n) is 2.71. The van der Waals surface area contributed by atoms with Crippen LogP contribution in [-0.4, -0.2) is 26.4 Å². The molecule has 0 aliphatic heterocycles. The van der Waals surface area contributed by atoms with Gasteiger partial charge in [0.2, 0.25) is 0 Å². The molecule has 1 aromatic carbocycles. The number of rotatable bonds is 9. The van der Waals surface area contributed by atoms with Crippen LogP contribution >= 0.6 is 0 Å². The second-order valence-corrected chi connectivity index (χ2v) is 4.79. The second kappa shape index (κ2) is 8.95. The Labute approximate surface area is 110 Å². The molecule has 0 aliphatic rings. The maximum atomic E-state index is 5.72. The summed E-state index contributed by atoms with van der Waals surface area (Å²) in [7, 11) is 0. The number of hydrogen-bond acceptors (Lipinski definition) is 3. The van der Waals surface area contributed by atoms with Crippen LogP contribution in [0.25, 0.3) is 0 Å². The summed E-state index contributed by atoms with van der Waals surface area (Å²) in [5, 5.41) is 0. The summed E-state index contributed by atoms with van der Waals surface area (Å²) < 4.78 is 11.2. The first-order chi connectivity index (χ1) is 8.74. The average molecular weight is 251 g/mol. The van der Waals surface area contributed by atoms with E-state index in [9.17, 15) is 0 Å². The highest BCUT2D eigenvalue weighted by atomic mass is 16.5. The van der Waals surface area contributed by atoms with E-state index in [1.54, 1.807) is 0 Å². The maximum Gasteiger partial charge on any atom is 0.122 e. The Balaban J connectivity index is 2.22. The Hall–Kier alpha value is -1.06. The number of benzene rings is 1. The molecule has 0 saturated carbocycles. The fourth-order valence-corrected chi connectivity index (χ4v) is 1.64. The van der Waals surface area contributed by atoms with Crippen molar-refractivity contribution in [2.24, 2.45) is 11.7 Å². The van der Waals surface area contributed by atoms with Gasteiger partial charge in [-0.15, -0.1) is 0 Å². The number of ether oxygens (including phenoxy) is 2. The summed E-state index contributed by atoms with van der Waals surface area (Å²) in [6.07, 6.45) is 1.95. The van der Waals surface area contributed by atoms with Crippen LogP contribution in [-0.2, 0) is 11.2 Å². The lowest BCUT2D eigenvalue weighted by Gasteiger charge is -2.11. The predicted molar refractivity (Wildman–Crippen MR) is 75.0 cm³/mol. The summed E-state index contributed by atoms with van der Waals surface area (Å²) in [5.74, 6) is 1.62. The molecule has 0 bridgehead atoms. The molecule has 18 heavy (non-hydrogen) atoms. The molecule has 1 rings (SSSR count). The van der Waals surface area contributed by atoms with Gasteiger partial charge < -0.3 is 15.2 Å². The summed E-state index contributed by atoms with van der Waals surface area (Å²) in [5.41, 5.74) is 6.74. The van der Waals surface area contributed by atoms with E-state index in [-0.39, 0.29) is 0 Å². The molecule has 0 fully saturated rings. The highest BCUT2D eigenvalue weighted by Crippen LogP contribution is 2.17. The van der Waals surface area contributed by atoms with Crippen molar-refractivity contribution in [1.82, 2.24) is 0 Å². The average Bonchev–Trinajstić information content (AvgIpc) is 2.35. The van der Waals surface area contributed by atoms with Crippen LogP contribution in [0.15, 0.2) is 24.3 Å². The summed E-state index contributed by atoms with van der Waals surface area (Å²) in [4.78, 5) is 0. The monoisotopic (exact) mass is 251 g/mol. The van der Waals surface area contributed by atoms with Gasteiger partial charge in [-0.3, -0.25) is 0 Å². The van der Waals surface area contributed by atoms with Gasteiger partial charge in [-0.05, 0) is 36.9 Å². The second-order valence-electron chi connectivity index (χ2n) is 4.79. The van der Waals surface area contributed by atoms with Gasteiger partial charge in [0, 0.05) is 6.61 Å². The van der Waals surface area contributed by atoms with Crippen molar-refractivity contribution in [3.05, 3.63) is 29.8 Å². The van der Waals surface area contributed by atoms with Crippen LogP contribution in [0.1, 0.15) is 25.8 Å². The maximum absolute atomic E-state index is 5.72. The Morgan fingerprint density at radius 3 is 2.61 bits per heavy atom. The van der Waals surface area contributed by atoms with E-state index < -0.39 is 0 Å². The third kappa shape index (κ3) is 6.03. The number of nitrogens with two attached hydrogens (primary N) is 1. The Morgan fingerprint density at radius 2 is 1.89 bits per heavy atom. The van der Waals surface area contributed by atoms with Gasteiger partial charge in [0.05, 0.1) is 6.61 Å². The van der Waals surface area contributed by atoms with Crippen LogP contribution in [0, 0.1) is 5.92 Å². The first-order valence-corrected chi connectivity index (χ1v) is 6.72. The topological polar surface area (TPSA) is 44.5 Å². The molecule has 3 nitrogen and oxygen atoms in total. The van der Waals surface area contributed by atoms with Crippen molar-refractivity contribution in [2.75, 3.05) is 26.4 Å². The van der Waals surface area contributed by atoms with E-state index in [4.69, 9.17) is 15.2 Å². The van der Waals surface area contributed by atoms with Crippen molar-refractivity contribution in [3.63, 3.8) is 0 Å². The van der Waals surface area contributed by atoms with Crippen molar-refractivity contribution in [2.45, 2.75) is 26.7 Å². The zero-order valence-corrected chi connectivity index (χ0v) is 11.5. The fourth-order valence-electron chi connectivity index (χ4n) is 1.64. The van der Waals surface area contributed by atoms with Gasteiger partial charge in [-0.1, -0.05) is 32.0 Å². The molecule has 3 heteroatoms. The van der Waals surface area contributed by atoms with E-state index in [1.165, 1.54) is 5.56 Å².